The molecule has 0 aromatic carbocycles. The molecule has 2 rings (SSSR count). The number of aromatic amines is 2. The minimum absolute atomic E-state index is 0.544. The second kappa shape index (κ2) is 6.50. The van der Waals surface area contributed by atoms with Crippen LogP contribution in [-0.4, -0.2) is 9.97 Å². The van der Waals surface area contributed by atoms with Crippen molar-refractivity contribution in [2.75, 3.05) is 0 Å². The highest BCUT2D eigenvalue weighted by Gasteiger charge is 2.30. The number of H-pyrrole nitrogens is 2. The monoisotopic (exact) mass is 326 g/mol. The van der Waals surface area contributed by atoms with Gasteiger partial charge in [-0.1, -0.05) is 0 Å². The molecular weight excluding hydrogens is 318 g/mol. The summed E-state index contributed by atoms with van der Waals surface area (Å²) in [5.74, 6) is 0. The molecule has 0 saturated heterocycles. The Morgan fingerprint density at radius 1 is 0.636 bits per heavy atom. The third kappa shape index (κ3) is 5.46. The molecule has 0 bridgehead atoms. The molecule has 0 unspecified atom stereocenters. The van der Waals surface area contributed by atoms with Crippen molar-refractivity contribution in [3.8, 4) is 0 Å². The molecule has 0 aliphatic carbocycles. The summed E-state index contributed by atoms with van der Waals surface area (Å²) in [4.78, 5) is 24.5. The van der Waals surface area contributed by atoms with Crippen LogP contribution in [0.15, 0.2) is 46.2 Å². The molecule has 0 fully saturated rings. The fraction of sp³-hybridized carbons (Fsp3) is 0.167. The van der Waals surface area contributed by atoms with Gasteiger partial charge in [0.2, 0.25) is 11.1 Å². The van der Waals surface area contributed by atoms with Crippen LogP contribution in [0.25, 0.3) is 0 Å². The summed E-state index contributed by atoms with van der Waals surface area (Å²) in [5, 5.41) is 0. The minimum atomic E-state index is -4.38. The smallest absolute Gasteiger partial charge is 0.329 e. The quantitative estimate of drug-likeness (QED) is 0.731. The van der Waals surface area contributed by atoms with Gasteiger partial charge in [-0.15, -0.1) is 0 Å². The Bertz CT molecular complexity index is 625. The lowest BCUT2D eigenvalue weighted by Gasteiger charge is -2.03. The van der Waals surface area contributed by atoms with E-state index in [0.717, 1.165) is 24.3 Å². The summed E-state index contributed by atoms with van der Waals surface area (Å²) in [5.41, 5.74) is -2.79. The van der Waals surface area contributed by atoms with Crippen LogP contribution < -0.4 is 11.1 Å². The van der Waals surface area contributed by atoms with Gasteiger partial charge < -0.3 is 9.97 Å². The highest BCUT2D eigenvalue weighted by molar-refractivity contribution is 5.12. The highest BCUT2D eigenvalue weighted by atomic mass is 19.4. The number of alkyl halides is 6. The van der Waals surface area contributed by atoms with Crippen molar-refractivity contribution in [3.05, 3.63) is 68.5 Å². The third-order valence-electron chi connectivity index (χ3n) is 2.22. The maximum Gasteiger partial charge on any atom is 0.417 e. The number of pyridine rings is 2. The molecule has 10 heteroatoms. The standard InChI is InChI=1S/2C6H4F3NO/c2*7-6(8,9)4-1-2-5(11)10-3-4/h2*1-3H,(H,10,11). The number of aromatic nitrogens is 2. The van der Waals surface area contributed by atoms with Crippen molar-refractivity contribution in [1.82, 2.24) is 9.97 Å². The Morgan fingerprint density at radius 2 is 0.955 bits per heavy atom. The first-order valence-corrected chi connectivity index (χ1v) is 5.52. The molecule has 0 atom stereocenters. The van der Waals surface area contributed by atoms with E-state index in [1.54, 1.807) is 0 Å². The molecule has 0 spiro atoms. The van der Waals surface area contributed by atoms with Crippen LogP contribution in [0.2, 0.25) is 0 Å². The van der Waals surface area contributed by atoms with Crippen LogP contribution in [0.1, 0.15) is 11.1 Å². The number of hydrogen-bond donors (Lipinski definition) is 2. The van der Waals surface area contributed by atoms with E-state index >= 15 is 0 Å². The first-order chi connectivity index (χ1) is 10.00. The minimum Gasteiger partial charge on any atom is -0.329 e. The van der Waals surface area contributed by atoms with Crippen molar-refractivity contribution in [2.24, 2.45) is 0 Å². The maximum atomic E-state index is 11.8. The van der Waals surface area contributed by atoms with E-state index in [0.29, 0.717) is 12.4 Å². The van der Waals surface area contributed by atoms with Gasteiger partial charge in [-0.05, 0) is 12.1 Å². The molecule has 4 nitrogen and oxygen atoms in total. The average Bonchev–Trinajstić information content (AvgIpc) is 2.38. The van der Waals surface area contributed by atoms with Gasteiger partial charge in [0.15, 0.2) is 0 Å². The third-order valence-corrected chi connectivity index (χ3v) is 2.22. The molecule has 0 radical (unpaired) electrons. The zero-order chi connectivity index (χ0) is 17.0. The molecule has 2 heterocycles. The van der Waals surface area contributed by atoms with Gasteiger partial charge in [-0.3, -0.25) is 9.59 Å². The molecule has 2 N–H and O–H groups in total. The SMILES string of the molecule is O=c1ccc(C(F)(F)F)c[nH]1.O=c1ccc(C(F)(F)F)c[nH]1. The van der Waals surface area contributed by atoms with Crippen molar-refractivity contribution < 1.29 is 26.3 Å². The Labute approximate surface area is 118 Å². The summed E-state index contributed by atoms with van der Waals surface area (Å²) < 4.78 is 70.8. The summed E-state index contributed by atoms with van der Waals surface area (Å²) in [6.45, 7) is 0. The van der Waals surface area contributed by atoms with E-state index in [-0.39, 0.29) is 0 Å². The first-order valence-electron chi connectivity index (χ1n) is 5.52. The molecule has 0 aliphatic rings. The molecular formula is C12H8F6N2O2. The maximum absolute atomic E-state index is 11.8. The predicted octanol–water partition coefficient (Wildman–Crippen LogP) is 2.79. The number of hydrogen-bond acceptors (Lipinski definition) is 2. The summed E-state index contributed by atoms with van der Waals surface area (Å²) in [6.07, 6.45) is -7.49. The Balaban J connectivity index is 0.000000220. The topological polar surface area (TPSA) is 65.7 Å². The molecule has 120 valence electrons. The zero-order valence-electron chi connectivity index (χ0n) is 10.5. The van der Waals surface area contributed by atoms with E-state index in [2.05, 4.69) is 0 Å². The highest BCUT2D eigenvalue weighted by Crippen LogP contribution is 2.28. The van der Waals surface area contributed by atoms with Crippen molar-refractivity contribution >= 4 is 0 Å². The lowest BCUT2D eigenvalue weighted by molar-refractivity contribution is -0.138. The largest absolute Gasteiger partial charge is 0.417 e. The fourth-order valence-corrected chi connectivity index (χ4v) is 1.17. The lowest BCUT2D eigenvalue weighted by atomic mass is 10.3. The van der Waals surface area contributed by atoms with Crippen LogP contribution in [0.5, 0.6) is 0 Å². The first kappa shape index (κ1) is 17.5. The van der Waals surface area contributed by atoms with Crippen LogP contribution >= 0.6 is 0 Å². The number of halogens is 6. The van der Waals surface area contributed by atoms with E-state index in [4.69, 9.17) is 0 Å². The van der Waals surface area contributed by atoms with Gasteiger partial charge in [0.1, 0.15) is 0 Å². The Kier molecular flexibility index (Phi) is 5.18. The van der Waals surface area contributed by atoms with Crippen LogP contribution in [-0.2, 0) is 12.4 Å². The normalized spacial score (nSPS) is 11.5. The van der Waals surface area contributed by atoms with E-state index in [1.807, 2.05) is 9.97 Å². The summed E-state index contributed by atoms with van der Waals surface area (Å²) in [7, 11) is 0. The molecule has 0 aliphatic heterocycles. The second-order valence-corrected chi connectivity index (χ2v) is 3.88. The van der Waals surface area contributed by atoms with Crippen LogP contribution in [0, 0.1) is 0 Å². The lowest BCUT2D eigenvalue weighted by Crippen LogP contribution is -2.10. The van der Waals surface area contributed by atoms with Gasteiger partial charge in [0.25, 0.3) is 0 Å². The van der Waals surface area contributed by atoms with Gasteiger partial charge >= 0.3 is 12.4 Å². The van der Waals surface area contributed by atoms with E-state index in [9.17, 15) is 35.9 Å². The van der Waals surface area contributed by atoms with Crippen LogP contribution in [0.3, 0.4) is 0 Å². The molecule has 2 aromatic rings. The molecule has 2 aromatic heterocycles. The fourth-order valence-electron chi connectivity index (χ4n) is 1.17. The van der Waals surface area contributed by atoms with Crippen molar-refractivity contribution in [2.45, 2.75) is 12.4 Å². The summed E-state index contributed by atoms with van der Waals surface area (Å²) >= 11 is 0. The van der Waals surface area contributed by atoms with Crippen molar-refractivity contribution in [1.29, 1.82) is 0 Å². The van der Waals surface area contributed by atoms with Crippen LogP contribution in [0.4, 0.5) is 26.3 Å². The molecule has 0 amide bonds. The average molecular weight is 326 g/mol. The van der Waals surface area contributed by atoms with E-state index in [1.165, 1.54) is 0 Å². The molecule has 0 saturated carbocycles. The number of rotatable bonds is 0. The van der Waals surface area contributed by atoms with Gasteiger partial charge in [-0.25, -0.2) is 0 Å². The predicted molar refractivity (Wildman–Crippen MR) is 64.1 cm³/mol. The summed E-state index contributed by atoms with van der Waals surface area (Å²) in [6, 6.07) is 3.14. The van der Waals surface area contributed by atoms with Gasteiger partial charge in [-0.2, -0.15) is 26.3 Å². The zero-order valence-corrected chi connectivity index (χ0v) is 10.5. The van der Waals surface area contributed by atoms with Crippen molar-refractivity contribution in [3.63, 3.8) is 0 Å². The van der Waals surface area contributed by atoms with Gasteiger partial charge in [0.05, 0.1) is 11.1 Å². The Morgan fingerprint density at radius 3 is 1.14 bits per heavy atom. The second-order valence-electron chi connectivity index (χ2n) is 3.88. The Hall–Kier alpha value is -2.52. The van der Waals surface area contributed by atoms with Gasteiger partial charge in [0, 0.05) is 24.5 Å². The van der Waals surface area contributed by atoms with E-state index < -0.39 is 34.6 Å². The number of nitrogens with one attached hydrogen (secondary N) is 2. The molecule has 22 heavy (non-hydrogen) atoms.